The molecule has 0 amide bonds. The van der Waals surface area contributed by atoms with Crippen molar-refractivity contribution in [3.8, 4) is 0 Å². The number of aryl methyl sites for hydroxylation is 1. The fraction of sp³-hybridized carbons (Fsp3) is 0.286. The first kappa shape index (κ1) is 20.1. The quantitative estimate of drug-likeness (QED) is 0.465. The minimum Gasteiger partial charge on any atom is -0.468 e. The normalized spacial score (nSPS) is 12.0. The van der Waals surface area contributed by atoms with Crippen molar-refractivity contribution >= 4 is 17.7 Å². The Morgan fingerprint density at radius 1 is 1.11 bits per heavy atom. The third-order valence-corrected chi connectivity index (χ3v) is 5.32. The summed E-state index contributed by atoms with van der Waals surface area (Å²) in [5.74, 6) is 0.581. The van der Waals surface area contributed by atoms with E-state index in [-0.39, 0.29) is 17.8 Å². The topological polar surface area (TPSA) is 83.0 Å². The van der Waals surface area contributed by atoms with Crippen LogP contribution in [0.25, 0.3) is 0 Å². The maximum Gasteiger partial charge on any atom is 0.316 e. The zero-order valence-corrected chi connectivity index (χ0v) is 16.9. The summed E-state index contributed by atoms with van der Waals surface area (Å²) in [5.41, 5.74) is 9.95. The molecule has 0 aliphatic carbocycles. The van der Waals surface area contributed by atoms with Gasteiger partial charge in [-0.2, -0.15) is 0 Å². The number of esters is 1. The van der Waals surface area contributed by atoms with Gasteiger partial charge in [0.25, 0.3) is 0 Å². The number of nitrogens with two attached hydrogens (primary N) is 1. The first-order chi connectivity index (χ1) is 13.6. The second kappa shape index (κ2) is 9.52. The molecule has 0 saturated carbocycles. The van der Waals surface area contributed by atoms with Crippen molar-refractivity contribution in [1.29, 1.82) is 0 Å². The molecule has 6 nitrogen and oxygen atoms in total. The molecule has 0 unspecified atom stereocenters. The van der Waals surface area contributed by atoms with Gasteiger partial charge in [-0.1, -0.05) is 71.9 Å². The van der Waals surface area contributed by atoms with Gasteiger partial charge in [0.15, 0.2) is 11.0 Å². The molecule has 146 valence electrons. The minimum absolute atomic E-state index is 0.177. The fourth-order valence-corrected chi connectivity index (χ4v) is 3.62. The summed E-state index contributed by atoms with van der Waals surface area (Å²) in [5, 5.41) is 9.29. The highest BCUT2D eigenvalue weighted by Crippen LogP contribution is 2.23. The Bertz CT molecular complexity index is 910. The van der Waals surface area contributed by atoms with Gasteiger partial charge in [0.2, 0.25) is 0 Å². The largest absolute Gasteiger partial charge is 0.468 e. The van der Waals surface area contributed by atoms with Crippen molar-refractivity contribution in [3.05, 3.63) is 77.1 Å². The maximum absolute atomic E-state index is 11.5. The van der Waals surface area contributed by atoms with E-state index in [1.165, 1.54) is 24.4 Å². The molecule has 0 aliphatic heterocycles. The van der Waals surface area contributed by atoms with E-state index in [1.807, 2.05) is 34.9 Å². The summed E-state index contributed by atoms with van der Waals surface area (Å²) >= 11 is 1.31. The average molecular weight is 397 g/mol. The average Bonchev–Trinajstić information content (AvgIpc) is 3.11. The molecule has 28 heavy (non-hydrogen) atoms. The molecule has 0 spiro atoms. The number of nitrogens with zero attached hydrogens (tertiary/aromatic N) is 3. The fourth-order valence-electron chi connectivity index (χ4n) is 2.85. The van der Waals surface area contributed by atoms with E-state index in [0.29, 0.717) is 23.9 Å². The smallest absolute Gasteiger partial charge is 0.316 e. The van der Waals surface area contributed by atoms with E-state index in [9.17, 15) is 4.79 Å². The molecule has 7 heteroatoms. The van der Waals surface area contributed by atoms with Gasteiger partial charge in [-0.25, -0.2) is 0 Å². The van der Waals surface area contributed by atoms with E-state index in [4.69, 9.17) is 10.5 Å². The Balaban J connectivity index is 1.86. The van der Waals surface area contributed by atoms with E-state index in [0.717, 1.165) is 11.1 Å². The SMILES string of the molecule is COC(=O)CSc1nnc([C@@H](N)Cc2ccccc2)n1Cc1ccc(C)cc1. The number of carbonyl (C=O) groups is 1. The molecule has 2 N–H and O–H groups in total. The van der Waals surface area contributed by atoms with Crippen LogP contribution in [0.3, 0.4) is 0 Å². The molecule has 1 atom stereocenters. The van der Waals surface area contributed by atoms with Gasteiger partial charge in [0.05, 0.1) is 25.4 Å². The van der Waals surface area contributed by atoms with Gasteiger partial charge >= 0.3 is 5.97 Å². The Morgan fingerprint density at radius 2 is 1.82 bits per heavy atom. The number of rotatable bonds is 8. The van der Waals surface area contributed by atoms with Gasteiger partial charge in [-0.15, -0.1) is 10.2 Å². The number of methoxy groups -OCH3 is 1. The van der Waals surface area contributed by atoms with Crippen LogP contribution in [0.2, 0.25) is 0 Å². The lowest BCUT2D eigenvalue weighted by Crippen LogP contribution is -2.20. The number of benzene rings is 2. The standard InChI is InChI=1S/C21H24N4O2S/c1-15-8-10-17(11-9-15)13-25-20(18(22)12-16-6-4-3-5-7-16)23-24-21(25)28-14-19(26)27-2/h3-11,18H,12-14,22H2,1-2H3/t18-/m0/s1. The van der Waals surface area contributed by atoms with Crippen LogP contribution in [0.15, 0.2) is 59.8 Å². The number of carbonyl (C=O) groups excluding carboxylic acids is 1. The van der Waals surface area contributed by atoms with Crippen LogP contribution < -0.4 is 5.73 Å². The van der Waals surface area contributed by atoms with Gasteiger partial charge in [-0.3, -0.25) is 4.79 Å². The van der Waals surface area contributed by atoms with Crippen molar-refractivity contribution in [2.75, 3.05) is 12.9 Å². The minimum atomic E-state index is -0.301. The Morgan fingerprint density at radius 3 is 2.50 bits per heavy atom. The molecule has 1 heterocycles. The molecule has 0 bridgehead atoms. The number of thioether (sulfide) groups is 1. The first-order valence-corrected chi connectivity index (χ1v) is 10.0. The maximum atomic E-state index is 11.5. The highest BCUT2D eigenvalue weighted by atomic mass is 32.2. The van der Waals surface area contributed by atoms with Crippen LogP contribution in [0.4, 0.5) is 0 Å². The lowest BCUT2D eigenvalue weighted by Gasteiger charge is -2.15. The van der Waals surface area contributed by atoms with Crippen molar-refractivity contribution in [2.24, 2.45) is 5.73 Å². The van der Waals surface area contributed by atoms with Crippen LogP contribution in [-0.4, -0.2) is 33.6 Å². The number of hydrogen-bond acceptors (Lipinski definition) is 6. The summed E-state index contributed by atoms with van der Waals surface area (Å²) in [6.07, 6.45) is 0.661. The molecule has 0 fully saturated rings. The summed E-state index contributed by atoms with van der Waals surface area (Å²) < 4.78 is 6.73. The van der Waals surface area contributed by atoms with E-state index >= 15 is 0 Å². The second-order valence-electron chi connectivity index (χ2n) is 6.57. The summed E-state index contributed by atoms with van der Waals surface area (Å²) in [4.78, 5) is 11.5. The van der Waals surface area contributed by atoms with E-state index in [1.54, 1.807) is 0 Å². The van der Waals surface area contributed by atoms with E-state index in [2.05, 4.69) is 41.4 Å². The van der Waals surface area contributed by atoms with Crippen LogP contribution in [0, 0.1) is 6.92 Å². The Kier molecular flexibility index (Phi) is 6.84. The molecule has 0 radical (unpaired) electrons. The zero-order valence-electron chi connectivity index (χ0n) is 16.0. The van der Waals surface area contributed by atoms with Crippen LogP contribution in [0.1, 0.15) is 28.6 Å². The summed E-state index contributed by atoms with van der Waals surface area (Å²) in [6.45, 7) is 2.65. The number of hydrogen-bond donors (Lipinski definition) is 1. The molecule has 3 rings (SSSR count). The molecule has 3 aromatic rings. The first-order valence-electron chi connectivity index (χ1n) is 9.04. The summed E-state index contributed by atoms with van der Waals surface area (Å²) in [7, 11) is 1.38. The third kappa shape index (κ3) is 5.21. The third-order valence-electron chi connectivity index (χ3n) is 4.38. The predicted molar refractivity (Wildman–Crippen MR) is 110 cm³/mol. The molecule has 0 saturated heterocycles. The van der Waals surface area contributed by atoms with Crippen molar-refractivity contribution in [3.63, 3.8) is 0 Å². The van der Waals surface area contributed by atoms with Crippen LogP contribution in [0.5, 0.6) is 0 Å². The Hall–Kier alpha value is -2.64. The Labute approximate surface area is 169 Å². The second-order valence-corrected chi connectivity index (χ2v) is 7.52. The molecular formula is C21H24N4O2S. The summed E-state index contributed by atoms with van der Waals surface area (Å²) in [6, 6.07) is 18.1. The molecular weight excluding hydrogens is 372 g/mol. The zero-order chi connectivity index (χ0) is 19.9. The monoisotopic (exact) mass is 396 g/mol. The van der Waals surface area contributed by atoms with Crippen molar-refractivity contribution < 1.29 is 9.53 Å². The lowest BCUT2D eigenvalue weighted by atomic mass is 10.1. The molecule has 2 aromatic carbocycles. The number of aromatic nitrogens is 3. The predicted octanol–water partition coefficient (Wildman–Crippen LogP) is 3.14. The van der Waals surface area contributed by atoms with Gasteiger partial charge < -0.3 is 15.0 Å². The van der Waals surface area contributed by atoms with Crippen molar-refractivity contribution in [2.45, 2.75) is 31.1 Å². The van der Waals surface area contributed by atoms with Crippen LogP contribution in [-0.2, 0) is 22.5 Å². The lowest BCUT2D eigenvalue weighted by molar-refractivity contribution is -0.137. The highest BCUT2D eigenvalue weighted by molar-refractivity contribution is 7.99. The molecule has 1 aromatic heterocycles. The van der Waals surface area contributed by atoms with E-state index < -0.39 is 0 Å². The number of ether oxygens (including phenoxy) is 1. The van der Waals surface area contributed by atoms with Gasteiger partial charge in [0.1, 0.15) is 0 Å². The van der Waals surface area contributed by atoms with Gasteiger partial charge in [0, 0.05) is 0 Å². The molecule has 0 aliphatic rings. The van der Waals surface area contributed by atoms with Crippen LogP contribution >= 0.6 is 11.8 Å². The van der Waals surface area contributed by atoms with Crippen molar-refractivity contribution in [1.82, 2.24) is 14.8 Å². The van der Waals surface area contributed by atoms with Gasteiger partial charge in [-0.05, 0) is 24.5 Å². The highest BCUT2D eigenvalue weighted by Gasteiger charge is 2.20.